The first-order valence-electron chi connectivity index (χ1n) is 9.69. The third-order valence-corrected chi connectivity index (χ3v) is 6.01. The number of benzene rings is 2. The average Bonchev–Trinajstić information content (AvgIpc) is 3.22. The van der Waals surface area contributed by atoms with Crippen LogP contribution in [0.3, 0.4) is 0 Å². The molecule has 0 unspecified atom stereocenters. The van der Waals surface area contributed by atoms with Crippen molar-refractivity contribution < 1.29 is 19.1 Å². The lowest BCUT2D eigenvalue weighted by atomic mass is 9.96. The second-order valence-corrected chi connectivity index (χ2v) is 8.07. The third kappa shape index (κ3) is 2.58. The lowest BCUT2D eigenvalue weighted by molar-refractivity contribution is 0.0510. The van der Waals surface area contributed by atoms with Crippen molar-refractivity contribution >= 4 is 39.4 Å². The van der Waals surface area contributed by atoms with Crippen LogP contribution >= 0.6 is 15.9 Å². The molecule has 0 aliphatic carbocycles. The van der Waals surface area contributed by atoms with E-state index in [0.29, 0.717) is 24.3 Å². The summed E-state index contributed by atoms with van der Waals surface area (Å²) in [6, 6.07) is 14.6. The predicted molar refractivity (Wildman–Crippen MR) is 115 cm³/mol. The summed E-state index contributed by atoms with van der Waals surface area (Å²) >= 11 is 3.50. The van der Waals surface area contributed by atoms with Crippen LogP contribution in [0.25, 0.3) is 11.3 Å². The van der Waals surface area contributed by atoms with Gasteiger partial charge < -0.3 is 9.30 Å². The zero-order valence-electron chi connectivity index (χ0n) is 16.1. The van der Waals surface area contributed by atoms with Gasteiger partial charge in [-0.15, -0.1) is 0 Å². The zero-order chi connectivity index (χ0) is 21.0. The highest BCUT2D eigenvalue weighted by molar-refractivity contribution is 9.10. The number of carbonyl (C=O) groups excluding carboxylic acids is 3. The second-order valence-electron chi connectivity index (χ2n) is 7.15. The number of fused-ring (bicyclic) bond motifs is 5. The van der Waals surface area contributed by atoms with Crippen molar-refractivity contribution in [3.63, 3.8) is 0 Å². The van der Waals surface area contributed by atoms with Gasteiger partial charge in [0.25, 0.3) is 11.8 Å². The molecule has 0 saturated carbocycles. The number of ether oxygens (including phenoxy) is 1. The molecule has 0 atom stereocenters. The second kappa shape index (κ2) is 6.95. The first-order chi connectivity index (χ1) is 14.5. The monoisotopic (exact) mass is 464 g/mol. The molecule has 6 nitrogen and oxygen atoms in total. The van der Waals surface area contributed by atoms with E-state index in [9.17, 15) is 14.4 Å². The smallest absolute Gasteiger partial charge is 0.355 e. The molecule has 2 aliphatic heterocycles. The molecule has 0 radical (unpaired) electrons. The maximum atomic E-state index is 13.5. The van der Waals surface area contributed by atoms with Crippen molar-refractivity contribution in [1.82, 2.24) is 4.57 Å². The molecule has 1 aromatic heterocycles. The lowest BCUT2D eigenvalue weighted by Crippen LogP contribution is -2.32. The van der Waals surface area contributed by atoms with E-state index in [-0.39, 0.29) is 23.4 Å². The van der Waals surface area contributed by atoms with Crippen molar-refractivity contribution in [1.29, 1.82) is 0 Å². The van der Waals surface area contributed by atoms with Gasteiger partial charge in [-0.3, -0.25) is 9.59 Å². The van der Waals surface area contributed by atoms with Crippen molar-refractivity contribution in [2.24, 2.45) is 0 Å². The van der Waals surface area contributed by atoms with Crippen LogP contribution in [-0.2, 0) is 17.7 Å². The molecule has 2 aliphatic rings. The molecule has 0 saturated heterocycles. The summed E-state index contributed by atoms with van der Waals surface area (Å²) in [5, 5.41) is 0. The van der Waals surface area contributed by atoms with E-state index < -0.39 is 17.8 Å². The summed E-state index contributed by atoms with van der Waals surface area (Å²) in [5.74, 6) is -1.51. The minimum absolute atomic E-state index is 0.130. The molecule has 0 spiro atoms. The fourth-order valence-electron chi connectivity index (χ4n) is 4.30. The molecule has 7 heteroatoms. The average molecular weight is 465 g/mol. The molecular formula is C23H17BrN2O4. The van der Waals surface area contributed by atoms with Crippen LogP contribution in [0.15, 0.2) is 53.0 Å². The molecule has 2 amide bonds. The Hall–Kier alpha value is -3.19. The fraction of sp³-hybridized carbons (Fsp3) is 0.174. The van der Waals surface area contributed by atoms with Crippen LogP contribution < -0.4 is 4.90 Å². The van der Waals surface area contributed by atoms with Crippen LogP contribution in [0, 0.1) is 0 Å². The van der Waals surface area contributed by atoms with E-state index >= 15 is 0 Å². The number of hydrogen-bond donors (Lipinski definition) is 0. The molecular weight excluding hydrogens is 448 g/mol. The van der Waals surface area contributed by atoms with Gasteiger partial charge in [0.05, 0.1) is 29.1 Å². The van der Waals surface area contributed by atoms with Gasteiger partial charge in [0.2, 0.25) is 0 Å². The predicted octanol–water partition coefficient (Wildman–Crippen LogP) is 4.45. The lowest BCUT2D eigenvalue weighted by Gasteiger charge is -2.23. The van der Waals surface area contributed by atoms with Crippen LogP contribution in [0.1, 0.15) is 43.7 Å². The molecule has 0 fully saturated rings. The first-order valence-corrected chi connectivity index (χ1v) is 10.5. The minimum Gasteiger partial charge on any atom is -0.461 e. The van der Waals surface area contributed by atoms with Gasteiger partial charge in [-0.1, -0.05) is 40.2 Å². The van der Waals surface area contributed by atoms with E-state index in [0.717, 1.165) is 20.5 Å². The van der Waals surface area contributed by atoms with Crippen LogP contribution in [0.4, 0.5) is 5.69 Å². The number of carbonyl (C=O) groups is 3. The Morgan fingerprint density at radius 1 is 1.07 bits per heavy atom. The maximum absolute atomic E-state index is 13.5. The van der Waals surface area contributed by atoms with Gasteiger partial charge in [0.1, 0.15) is 5.69 Å². The summed E-state index contributed by atoms with van der Waals surface area (Å²) in [4.78, 5) is 40.9. The normalized spacial score (nSPS) is 14.4. The number of anilines is 1. The quantitative estimate of drug-likeness (QED) is 0.424. The number of aromatic nitrogens is 1. The molecule has 2 aromatic carbocycles. The van der Waals surface area contributed by atoms with Crippen LogP contribution in [-0.4, -0.2) is 29.0 Å². The summed E-state index contributed by atoms with van der Waals surface area (Å²) in [6.45, 7) is 2.39. The summed E-state index contributed by atoms with van der Waals surface area (Å²) in [6.07, 6.45) is 0.695. The number of para-hydroxylation sites is 1. The van der Waals surface area contributed by atoms with Crippen molar-refractivity contribution in [2.75, 3.05) is 11.5 Å². The first kappa shape index (κ1) is 18.8. The molecule has 5 rings (SSSR count). The highest BCUT2D eigenvalue weighted by Crippen LogP contribution is 2.43. The SMILES string of the molecule is CCOC(=O)c1c2c(c3n1CCc1ccc(Br)cc1-3)C(=O)N(c1ccccc1)C2=O. The molecule has 0 N–H and O–H groups in total. The Balaban J connectivity index is 1.80. The Labute approximate surface area is 181 Å². The van der Waals surface area contributed by atoms with Gasteiger partial charge in [0.15, 0.2) is 0 Å². The Bertz CT molecular complexity index is 1230. The Morgan fingerprint density at radius 2 is 1.80 bits per heavy atom. The molecule has 0 bridgehead atoms. The zero-order valence-corrected chi connectivity index (χ0v) is 17.7. The highest BCUT2D eigenvalue weighted by Gasteiger charge is 2.47. The standard InChI is InChI=1S/C23H17BrN2O4/c1-2-30-23(29)20-18-17(21(27)26(22(18)28)15-6-4-3-5-7-15)19-16-12-14(24)9-8-13(16)10-11-25(19)20/h3-9,12H,2,10-11H2,1H3. The van der Waals surface area contributed by atoms with Crippen molar-refractivity contribution in [2.45, 2.75) is 19.9 Å². The number of amides is 2. The van der Waals surface area contributed by atoms with Gasteiger partial charge in [0, 0.05) is 16.6 Å². The van der Waals surface area contributed by atoms with E-state index in [1.54, 1.807) is 35.8 Å². The fourth-order valence-corrected chi connectivity index (χ4v) is 4.66. The van der Waals surface area contributed by atoms with Crippen molar-refractivity contribution in [3.8, 4) is 11.3 Å². The number of imide groups is 1. The molecule has 30 heavy (non-hydrogen) atoms. The number of esters is 1. The molecule has 150 valence electrons. The minimum atomic E-state index is -0.588. The maximum Gasteiger partial charge on any atom is 0.355 e. The number of halogens is 1. The summed E-state index contributed by atoms with van der Waals surface area (Å²) < 4.78 is 7.90. The number of nitrogens with zero attached hydrogens (tertiary/aromatic N) is 2. The topological polar surface area (TPSA) is 68.6 Å². The third-order valence-electron chi connectivity index (χ3n) is 5.51. The van der Waals surface area contributed by atoms with Gasteiger partial charge in [-0.05, 0) is 43.2 Å². The van der Waals surface area contributed by atoms with Gasteiger partial charge in [-0.25, -0.2) is 9.69 Å². The van der Waals surface area contributed by atoms with E-state index in [1.165, 1.54) is 0 Å². The highest BCUT2D eigenvalue weighted by atomic mass is 79.9. The van der Waals surface area contributed by atoms with Gasteiger partial charge >= 0.3 is 5.97 Å². The Kier molecular flexibility index (Phi) is 4.36. The number of aryl methyl sites for hydroxylation is 1. The van der Waals surface area contributed by atoms with Crippen molar-refractivity contribution in [3.05, 3.63) is 75.4 Å². The summed E-state index contributed by atoms with van der Waals surface area (Å²) in [7, 11) is 0. The van der Waals surface area contributed by atoms with Crippen LogP contribution in [0.5, 0.6) is 0 Å². The summed E-state index contributed by atoms with van der Waals surface area (Å²) in [5.41, 5.74) is 3.55. The molecule has 3 heterocycles. The number of hydrogen-bond acceptors (Lipinski definition) is 4. The van der Waals surface area contributed by atoms with E-state index in [2.05, 4.69) is 15.9 Å². The number of rotatable bonds is 3. The molecule has 3 aromatic rings. The van der Waals surface area contributed by atoms with E-state index in [4.69, 9.17) is 4.74 Å². The van der Waals surface area contributed by atoms with Crippen LogP contribution in [0.2, 0.25) is 0 Å². The largest absolute Gasteiger partial charge is 0.461 e. The Morgan fingerprint density at radius 3 is 2.53 bits per heavy atom. The van der Waals surface area contributed by atoms with Gasteiger partial charge in [-0.2, -0.15) is 0 Å². The van der Waals surface area contributed by atoms with E-state index in [1.807, 2.05) is 24.3 Å².